The van der Waals surface area contributed by atoms with Gasteiger partial charge < -0.3 is 9.47 Å². The van der Waals surface area contributed by atoms with Gasteiger partial charge in [0.05, 0.1) is 12.6 Å². The highest BCUT2D eigenvalue weighted by Crippen LogP contribution is 2.34. The van der Waals surface area contributed by atoms with Crippen LogP contribution in [0.5, 0.6) is 5.75 Å². The molecule has 0 aliphatic rings. The van der Waals surface area contributed by atoms with Gasteiger partial charge in [-0.25, -0.2) is 4.79 Å². The van der Waals surface area contributed by atoms with Gasteiger partial charge in [-0.2, -0.15) is 0 Å². The third kappa shape index (κ3) is 3.33. The van der Waals surface area contributed by atoms with E-state index < -0.39 is 11.7 Å². The number of benzene rings is 2. The average molecular weight is 351 g/mol. The van der Waals surface area contributed by atoms with E-state index in [1.807, 2.05) is 45.0 Å². The van der Waals surface area contributed by atoms with Gasteiger partial charge in [-0.15, -0.1) is 0 Å². The summed E-state index contributed by atoms with van der Waals surface area (Å²) < 4.78 is 12.3. The molecule has 5 heteroatoms. The van der Waals surface area contributed by atoms with Crippen molar-refractivity contribution in [2.45, 2.75) is 26.4 Å². The van der Waals surface area contributed by atoms with Crippen LogP contribution in [0.3, 0.4) is 0 Å². The number of ether oxygens (including phenoxy) is 2. The van der Waals surface area contributed by atoms with Gasteiger partial charge in [0.2, 0.25) is 0 Å². The van der Waals surface area contributed by atoms with E-state index in [9.17, 15) is 9.59 Å². The summed E-state index contributed by atoms with van der Waals surface area (Å²) in [6.07, 6.45) is 2.02. The number of aldehydes is 1. The number of aromatic nitrogens is 1. The summed E-state index contributed by atoms with van der Waals surface area (Å²) in [7, 11) is 1.60. The molecule has 0 amide bonds. The first-order chi connectivity index (χ1) is 12.3. The van der Waals surface area contributed by atoms with Crippen LogP contribution in [-0.2, 0) is 4.74 Å². The van der Waals surface area contributed by atoms with Crippen molar-refractivity contribution < 1.29 is 19.1 Å². The first-order valence-corrected chi connectivity index (χ1v) is 8.31. The fourth-order valence-corrected chi connectivity index (χ4v) is 2.88. The molecule has 0 saturated heterocycles. The van der Waals surface area contributed by atoms with Crippen LogP contribution in [0.2, 0.25) is 0 Å². The van der Waals surface area contributed by atoms with Crippen LogP contribution in [0.4, 0.5) is 4.79 Å². The molecule has 0 bridgehead atoms. The summed E-state index contributed by atoms with van der Waals surface area (Å²) in [5, 5.41) is 0.710. The van der Waals surface area contributed by atoms with Crippen molar-refractivity contribution in [2.24, 2.45) is 0 Å². The smallest absolute Gasteiger partial charge is 0.419 e. The van der Waals surface area contributed by atoms with Gasteiger partial charge in [-0.1, -0.05) is 24.3 Å². The quantitative estimate of drug-likeness (QED) is 0.629. The minimum absolute atomic E-state index is 0.486. The second-order valence-corrected chi connectivity index (χ2v) is 6.98. The fourth-order valence-electron chi connectivity index (χ4n) is 2.88. The predicted octanol–water partition coefficient (Wildman–Crippen LogP) is 4.91. The lowest BCUT2D eigenvalue weighted by molar-refractivity contribution is 0.0544. The Balaban J connectivity index is 2.26. The van der Waals surface area contributed by atoms with Gasteiger partial charge in [0, 0.05) is 22.7 Å². The molecule has 2 aromatic carbocycles. The summed E-state index contributed by atoms with van der Waals surface area (Å²) in [5.74, 6) is 0.698. The molecular weight excluding hydrogens is 330 g/mol. The fraction of sp³-hybridized carbons (Fsp3) is 0.238. The largest absolute Gasteiger partial charge is 0.497 e. The molecule has 1 heterocycles. The molecule has 0 aliphatic heterocycles. The van der Waals surface area contributed by atoms with Gasteiger partial charge in [0.1, 0.15) is 11.4 Å². The zero-order valence-electron chi connectivity index (χ0n) is 15.3. The summed E-state index contributed by atoms with van der Waals surface area (Å²) in [4.78, 5) is 24.3. The van der Waals surface area contributed by atoms with Gasteiger partial charge >= 0.3 is 6.09 Å². The maximum absolute atomic E-state index is 12.7. The van der Waals surface area contributed by atoms with Crippen molar-refractivity contribution >= 4 is 23.3 Å². The second kappa shape index (κ2) is 6.67. The van der Waals surface area contributed by atoms with E-state index in [1.165, 1.54) is 4.57 Å². The molecule has 0 aliphatic carbocycles. The maximum Gasteiger partial charge on any atom is 0.419 e. The van der Waals surface area contributed by atoms with Crippen molar-refractivity contribution in [1.29, 1.82) is 0 Å². The van der Waals surface area contributed by atoms with E-state index in [2.05, 4.69) is 0 Å². The number of methoxy groups -OCH3 is 1. The minimum Gasteiger partial charge on any atom is -0.497 e. The number of hydrogen-bond donors (Lipinski definition) is 0. The molecule has 0 radical (unpaired) electrons. The Labute approximate surface area is 152 Å². The first kappa shape index (κ1) is 17.7. The number of rotatable bonds is 3. The lowest BCUT2D eigenvalue weighted by Gasteiger charge is -2.19. The number of hydrogen-bond acceptors (Lipinski definition) is 4. The molecule has 0 N–H and O–H groups in total. The predicted molar refractivity (Wildman–Crippen MR) is 101 cm³/mol. The normalized spacial score (nSPS) is 11.4. The lowest BCUT2D eigenvalue weighted by Crippen LogP contribution is -2.26. The Bertz CT molecular complexity index is 979. The van der Waals surface area contributed by atoms with Crippen LogP contribution in [0.15, 0.2) is 48.7 Å². The van der Waals surface area contributed by atoms with Gasteiger partial charge in [-0.3, -0.25) is 9.36 Å². The standard InChI is InChI=1S/C21H21NO4/c1-21(2,3)26-20(24)22-12-17(14-7-5-9-16(11-14)25-4)19-15(13-23)8-6-10-18(19)22/h5-13H,1-4H3. The zero-order chi connectivity index (χ0) is 18.9. The van der Waals surface area contributed by atoms with Crippen LogP contribution in [0, 0.1) is 0 Å². The first-order valence-electron chi connectivity index (χ1n) is 8.31. The van der Waals surface area contributed by atoms with Crippen molar-refractivity contribution in [3.05, 3.63) is 54.2 Å². The third-order valence-corrected chi connectivity index (χ3v) is 3.96. The van der Waals surface area contributed by atoms with Gasteiger partial charge in [0.25, 0.3) is 0 Å². The van der Waals surface area contributed by atoms with Crippen molar-refractivity contribution in [2.75, 3.05) is 7.11 Å². The molecule has 1 aromatic heterocycles. The van der Waals surface area contributed by atoms with Crippen molar-refractivity contribution in [3.8, 4) is 16.9 Å². The molecule has 3 aromatic rings. The van der Waals surface area contributed by atoms with E-state index in [0.29, 0.717) is 22.2 Å². The number of nitrogens with zero attached hydrogens (tertiary/aromatic N) is 1. The number of carbonyl (C=O) groups excluding carboxylic acids is 2. The van der Waals surface area contributed by atoms with Crippen LogP contribution >= 0.6 is 0 Å². The van der Waals surface area contributed by atoms with Crippen LogP contribution in [0.1, 0.15) is 31.1 Å². The summed E-state index contributed by atoms with van der Waals surface area (Å²) in [5.41, 5.74) is 2.15. The van der Waals surface area contributed by atoms with Gasteiger partial charge in [-0.05, 0) is 44.5 Å². The Morgan fingerprint density at radius 2 is 1.85 bits per heavy atom. The van der Waals surface area contributed by atoms with E-state index in [-0.39, 0.29) is 0 Å². The molecule has 0 unspecified atom stereocenters. The van der Waals surface area contributed by atoms with E-state index in [4.69, 9.17) is 9.47 Å². The Hall–Kier alpha value is -3.08. The molecule has 0 saturated carbocycles. The summed E-state index contributed by atoms with van der Waals surface area (Å²) in [6.45, 7) is 5.45. The summed E-state index contributed by atoms with van der Waals surface area (Å²) >= 11 is 0. The molecule has 0 spiro atoms. The van der Waals surface area contributed by atoms with Gasteiger partial charge in [0.15, 0.2) is 6.29 Å². The highest BCUT2D eigenvalue weighted by molar-refractivity contribution is 6.08. The van der Waals surface area contributed by atoms with Crippen LogP contribution in [-0.4, -0.2) is 29.7 Å². The number of fused-ring (bicyclic) bond motifs is 1. The van der Waals surface area contributed by atoms with Crippen molar-refractivity contribution in [1.82, 2.24) is 4.57 Å². The molecule has 26 heavy (non-hydrogen) atoms. The van der Waals surface area contributed by atoms with Crippen LogP contribution in [0.25, 0.3) is 22.0 Å². The molecule has 5 nitrogen and oxygen atoms in total. The molecule has 3 rings (SSSR count). The van der Waals surface area contributed by atoms with Crippen molar-refractivity contribution in [3.63, 3.8) is 0 Å². The highest BCUT2D eigenvalue weighted by Gasteiger charge is 2.22. The Morgan fingerprint density at radius 1 is 1.12 bits per heavy atom. The van der Waals surface area contributed by atoms with E-state index >= 15 is 0 Å². The zero-order valence-corrected chi connectivity index (χ0v) is 15.3. The third-order valence-electron chi connectivity index (χ3n) is 3.96. The Morgan fingerprint density at radius 3 is 2.50 bits per heavy atom. The SMILES string of the molecule is COc1cccc(-c2cn(C(=O)OC(C)(C)C)c3cccc(C=O)c23)c1. The molecule has 0 fully saturated rings. The highest BCUT2D eigenvalue weighted by atomic mass is 16.6. The van der Waals surface area contributed by atoms with E-state index in [0.717, 1.165) is 17.4 Å². The Kier molecular flexibility index (Phi) is 4.55. The van der Waals surface area contributed by atoms with Crippen LogP contribution < -0.4 is 4.74 Å². The minimum atomic E-state index is -0.619. The molecule has 0 atom stereocenters. The topological polar surface area (TPSA) is 57.5 Å². The monoisotopic (exact) mass is 351 g/mol. The molecule has 134 valence electrons. The van der Waals surface area contributed by atoms with E-state index in [1.54, 1.807) is 31.5 Å². The molecular formula is C21H21NO4. The number of carbonyl (C=O) groups is 2. The lowest BCUT2D eigenvalue weighted by atomic mass is 10.0. The maximum atomic E-state index is 12.7. The average Bonchev–Trinajstić information content (AvgIpc) is 3.00. The summed E-state index contributed by atoms with van der Waals surface area (Å²) in [6, 6.07) is 12.8. The second-order valence-electron chi connectivity index (χ2n) is 6.98.